The van der Waals surface area contributed by atoms with E-state index < -0.39 is 0 Å². The van der Waals surface area contributed by atoms with Gasteiger partial charge in [0.2, 0.25) is 0 Å². The van der Waals surface area contributed by atoms with Gasteiger partial charge in [0, 0.05) is 11.3 Å². The first-order valence-corrected chi connectivity index (χ1v) is 7.82. The quantitative estimate of drug-likeness (QED) is 0.772. The zero-order chi connectivity index (χ0) is 17.5. The van der Waals surface area contributed by atoms with Crippen molar-refractivity contribution in [2.75, 3.05) is 18.5 Å². The van der Waals surface area contributed by atoms with Crippen molar-refractivity contribution in [2.45, 2.75) is 13.8 Å². The molecule has 6 heteroatoms. The van der Waals surface area contributed by atoms with Crippen molar-refractivity contribution in [1.82, 2.24) is 0 Å². The topological polar surface area (TPSA) is 64.6 Å². The number of carbonyl (C=O) groups excluding carboxylic acids is 2. The number of halogens is 1. The lowest BCUT2D eigenvalue weighted by Gasteiger charge is -2.14. The second kappa shape index (κ2) is 8.36. The van der Waals surface area contributed by atoms with E-state index in [1.807, 2.05) is 31.2 Å². The van der Waals surface area contributed by atoms with Crippen LogP contribution in [0, 0.1) is 6.92 Å². The minimum Gasteiger partial charge on any atom is -0.490 e. The van der Waals surface area contributed by atoms with Crippen LogP contribution in [-0.4, -0.2) is 25.4 Å². The Morgan fingerprint density at radius 2 is 2.00 bits per heavy atom. The fourth-order valence-corrected chi connectivity index (χ4v) is 2.37. The maximum Gasteiger partial charge on any atom is 0.262 e. The maximum absolute atomic E-state index is 12.1. The summed E-state index contributed by atoms with van der Waals surface area (Å²) in [5, 5.41) is 2.98. The molecule has 0 aliphatic heterocycles. The number of benzene rings is 2. The number of hydrogen-bond acceptors (Lipinski definition) is 4. The van der Waals surface area contributed by atoms with Gasteiger partial charge >= 0.3 is 0 Å². The summed E-state index contributed by atoms with van der Waals surface area (Å²) in [6.07, 6.45) is 0.670. The summed E-state index contributed by atoms with van der Waals surface area (Å²) in [6, 6.07) is 10.4. The number of nitrogens with one attached hydrogen (secondary N) is 1. The molecule has 0 aromatic heterocycles. The highest BCUT2D eigenvalue weighted by Gasteiger charge is 2.14. The fraction of sp³-hybridized carbons (Fsp3) is 0.222. The number of aryl methyl sites for hydroxylation is 1. The molecule has 0 unspecified atom stereocenters. The molecule has 1 amide bonds. The van der Waals surface area contributed by atoms with Crippen LogP contribution in [-0.2, 0) is 4.79 Å². The van der Waals surface area contributed by atoms with Crippen LogP contribution in [0.3, 0.4) is 0 Å². The van der Waals surface area contributed by atoms with Gasteiger partial charge in [-0.1, -0.05) is 29.8 Å². The predicted octanol–water partition coefficient (Wildman–Crippen LogP) is 3.88. The van der Waals surface area contributed by atoms with Gasteiger partial charge in [0.05, 0.1) is 11.6 Å². The molecule has 0 saturated carbocycles. The molecule has 24 heavy (non-hydrogen) atoms. The van der Waals surface area contributed by atoms with E-state index in [1.165, 1.54) is 12.1 Å². The van der Waals surface area contributed by atoms with Crippen molar-refractivity contribution in [3.8, 4) is 11.5 Å². The predicted molar refractivity (Wildman–Crippen MR) is 93.3 cm³/mol. The SMILES string of the molecule is CCOc1cc(C=O)cc(Cl)c1OCC(=O)Nc1ccccc1C. The standard InChI is InChI=1S/C18H18ClNO4/c1-3-23-16-9-13(10-21)8-14(19)18(16)24-11-17(22)20-15-7-5-4-6-12(15)2/h4-10H,3,11H2,1-2H3,(H,20,22). The lowest BCUT2D eigenvalue weighted by atomic mass is 10.2. The number of hydrogen-bond donors (Lipinski definition) is 1. The molecule has 0 fully saturated rings. The van der Waals surface area contributed by atoms with Gasteiger partial charge in [-0.3, -0.25) is 9.59 Å². The number of aldehydes is 1. The fourth-order valence-electron chi connectivity index (χ4n) is 2.10. The Hall–Kier alpha value is -2.53. The number of carbonyl (C=O) groups is 2. The third-order valence-corrected chi connectivity index (χ3v) is 3.52. The first-order chi connectivity index (χ1) is 11.5. The Balaban J connectivity index is 2.09. The monoisotopic (exact) mass is 347 g/mol. The average molecular weight is 348 g/mol. The van der Waals surface area contributed by atoms with Gasteiger partial charge in [0.25, 0.3) is 5.91 Å². The number of rotatable bonds is 7. The molecule has 2 rings (SSSR count). The molecule has 5 nitrogen and oxygen atoms in total. The van der Waals surface area contributed by atoms with Crippen molar-refractivity contribution in [3.05, 3.63) is 52.5 Å². The average Bonchev–Trinajstić information content (AvgIpc) is 2.56. The molecular formula is C18H18ClNO4. The van der Waals surface area contributed by atoms with Crippen LogP contribution in [0.25, 0.3) is 0 Å². The number of anilines is 1. The second-order valence-electron chi connectivity index (χ2n) is 5.03. The molecule has 0 atom stereocenters. The van der Waals surface area contributed by atoms with Crippen LogP contribution in [0.15, 0.2) is 36.4 Å². The van der Waals surface area contributed by atoms with Crippen molar-refractivity contribution in [2.24, 2.45) is 0 Å². The summed E-state index contributed by atoms with van der Waals surface area (Å²) in [5.41, 5.74) is 2.05. The summed E-state index contributed by atoms with van der Waals surface area (Å²) in [4.78, 5) is 23.0. The van der Waals surface area contributed by atoms with Crippen LogP contribution in [0.5, 0.6) is 11.5 Å². The Bertz CT molecular complexity index is 746. The van der Waals surface area contributed by atoms with Crippen molar-refractivity contribution < 1.29 is 19.1 Å². The largest absolute Gasteiger partial charge is 0.490 e. The minimum absolute atomic E-state index is 0.215. The van der Waals surface area contributed by atoms with Crippen LogP contribution >= 0.6 is 11.6 Å². The highest BCUT2D eigenvalue weighted by Crippen LogP contribution is 2.36. The van der Waals surface area contributed by atoms with Crippen molar-refractivity contribution in [3.63, 3.8) is 0 Å². The smallest absolute Gasteiger partial charge is 0.262 e. The molecule has 2 aromatic carbocycles. The Morgan fingerprint density at radius 1 is 1.25 bits per heavy atom. The van der Waals surface area contributed by atoms with Crippen LogP contribution in [0.1, 0.15) is 22.8 Å². The third kappa shape index (κ3) is 4.49. The maximum atomic E-state index is 12.1. The second-order valence-corrected chi connectivity index (χ2v) is 5.44. The highest BCUT2D eigenvalue weighted by molar-refractivity contribution is 6.32. The third-order valence-electron chi connectivity index (χ3n) is 3.23. The molecule has 0 heterocycles. The number of ether oxygens (including phenoxy) is 2. The van der Waals surface area contributed by atoms with Crippen LogP contribution in [0.2, 0.25) is 5.02 Å². The van der Waals surface area contributed by atoms with Gasteiger partial charge in [-0.25, -0.2) is 0 Å². The Morgan fingerprint density at radius 3 is 2.67 bits per heavy atom. The lowest BCUT2D eigenvalue weighted by molar-refractivity contribution is -0.118. The van der Waals surface area contributed by atoms with E-state index in [4.69, 9.17) is 21.1 Å². The van der Waals surface area contributed by atoms with Gasteiger partial charge in [-0.05, 0) is 37.6 Å². The van der Waals surface area contributed by atoms with E-state index >= 15 is 0 Å². The lowest BCUT2D eigenvalue weighted by Crippen LogP contribution is -2.21. The Kier molecular flexibility index (Phi) is 6.21. The molecule has 0 radical (unpaired) electrons. The zero-order valence-corrected chi connectivity index (χ0v) is 14.2. The van der Waals surface area contributed by atoms with E-state index in [-0.39, 0.29) is 23.3 Å². The van der Waals surface area contributed by atoms with E-state index in [2.05, 4.69) is 5.32 Å². The van der Waals surface area contributed by atoms with Gasteiger partial charge in [0.15, 0.2) is 18.1 Å². The summed E-state index contributed by atoms with van der Waals surface area (Å²) in [6.45, 7) is 3.85. The molecule has 126 valence electrons. The summed E-state index contributed by atoms with van der Waals surface area (Å²) in [7, 11) is 0. The number of para-hydroxylation sites is 1. The molecule has 0 saturated heterocycles. The summed E-state index contributed by atoms with van der Waals surface area (Å²) in [5.74, 6) is 0.252. The number of amides is 1. The Labute approximate surface area is 145 Å². The van der Waals surface area contributed by atoms with Gasteiger partial charge in [-0.2, -0.15) is 0 Å². The van der Waals surface area contributed by atoms with E-state index in [9.17, 15) is 9.59 Å². The van der Waals surface area contributed by atoms with Crippen LogP contribution in [0.4, 0.5) is 5.69 Å². The van der Waals surface area contributed by atoms with Gasteiger partial charge in [0.1, 0.15) is 6.29 Å². The minimum atomic E-state index is -0.317. The zero-order valence-electron chi connectivity index (χ0n) is 13.5. The molecule has 0 aliphatic rings. The van der Waals surface area contributed by atoms with E-state index in [1.54, 1.807) is 6.92 Å². The molecule has 0 aliphatic carbocycles. The van der Waals surface area contributed by atoms with Crippen molar-refractivity contribution >= 4 is 29.5 Å². The van der Waals surface area contributed by atoms with Gasteiger partial charge in [-0.15, -0.1) is 0 Å². The summed E-state index contributed by atoms with van der Waals surface area (Å²) < 4.78 is 10.9. The molecule has 1 N–H and O–H groups in total. The molecule has 2 aromatic rings. The van der Waals surface area contributed by atoms with Crippen molar-refractivity contribution in [1.29, 1.82) is 0 Å². The van der Waals surface area contributed by atoms with E-state index in [0.717, 1.165) is 11.3 Å². The normalized spacial score (nSPS) is 10.1. The van der Waals surface area contributed by atoms with Gasteiger partial charge < -0.3 is 14.8 Å². The molecule has 0 bridgehead atoms. The molecule has 0 spiro atoms. The van der Waals surface area contributed by atoms with Crippen LogP contribution < -0.4 is 14.8 Å². The first kappa shape index (κ1) is 17.8. The molecular weight excluding hydrogens is 330 g/mol. The highest BCUT2D eigenvalue weighted by atomic mass is 35.5. The first-order valence-electron chi connectivity index (χ1n) is 7.45. The summed E-state index contributed by atoms with van der Waals surface area (Å²) >= 11 is 6.12. The van der Waals surface area contributed by atoms with E-state index in [0.29, 0.717) is 24.2 Å².